The van der Waals surface area contributed by atoms with Gasteiger partial charge in [0, 0.05) is 13.8 Å². The van der Waals surface area contributed by atoms with E-state index in [2.05, 4.69) is 4.98 Å². The molecule has 1 rings (SSSR count). The van der Waals surface area contributed by atoms with Crippen LogP contribution in [-0.4, -0.2) is 4.98 Å². The lowest BCUT2D eigenvalue weighted by molar-refractivity contribution is 1.33. The first-order chi connectivity index (χ1) is 3.00. The Bertz CT molecular complexity index is 80.0. The van der Waals surface area contributed by atoms with Gasteiger partial charge in [0.2, 0.25) is 0 Å². The summed E-state index contributed by atoms with van der Waals surface area (Å²) in [4.78, 5) is 3.78. The maximum absolute atomic E-state index is 3.78. The highest BCUT2D eigenvalue weighted by Gasteiger charge is 1.58. The van der Waals surface area contributed by atoms with Crippen LogP contribution in [-0.2, 0) is 0 Å². The second-order valence-electron chi connectivity index (χ2n) is 1.02. The molecule has 0 amide bonds. The van der Waals surface area contributed by atoms with Gasteiger partial charge in [-0.2, -0.15) is 0 Å². The summed E-state index contributed by atoms with van der Waals surface area (Å²) in [5, 5.41) is 0. The van der Waals surface area contributed by atoms with Crippen LogP contribution in [0.1, 0.15) is 1.43 Å². The lowest BCUT2D eigenvalue weighted by Crippen LogP contribution is -1.58. The van der Waals surface area contributed by atoms with Gasteiger partial charge in [-0.25, -0.2) is 0 Å². The number of rotatable bonds is 0. The van der Waals surface area contributed by atoms with Crippen molar-refractivity contribution in [1.29, 1.82) is 0 Å². The highest BCUT2D eigenvalue weighted by Crippen LogP contribution is 1.73. The topological polar surface area (TPSA) is 12.9 Å². The maximum atomic E-state index is 3.78. The van der Waals surface area contributed by atoms with Crippen molar-refractivity contribution in [2.24, 2.45) is 0 Å². The molecule has 0 aliphatic carbocycles. The molecule has 0 unspecified atom stereocenters. The van der Waals surface area contributed by atoms with Crippen molar-refractivity contribution in [1.82, 2.24) is 4.98 Å². The van der Waals surface area contributed by atoms with Crippen LogP contribution in [0.3, 0.4) is 0 Å². The van der Waals surface area contributed by atoms with Crippen LogP contribution in [0.25, 0.3) is 0 Å². The first kappa shape index (κ1) is 3.34. The van der Waals surface area contributed by atoms with Gasteiger partial charge in [0.25, 0.3) is 0 Å². The molecule has 1 heterocycles. The number of hydrogen-bond acceptors (Lipinski definition) is 1. The van der Waals surface area contributed by atoms with E-state index in [9.17, 15) is 0 Å². The first-order valence-corrected chi connectivity index (χ1v) is 1.85. The van der Waals surface area contributed by atoms with E-state index in [4.69, 9.17) is 0 Å². The Morgan fingerprint density at radius 1 is 1.00 bits per heavy atom. The molecule has 0 saturated carbocycles. The average Bonchev–Trinajstić information content (AvgIpc) is 1.72. The van der Waals surface area contributed by atoms with Crippen molar-refractivity contribution >= 4 is 0 Å². The minimum atomic E-state index is 0. The number of nitrogens with zero attached hydrogens (tertiary/aromatic N) is 1. The van der Waals surface area contributed by atoms with E-state index >= 15 is 0 Å². The molecular formula is C5H6N. The molecule has 6 heavy (non-hydrogen) atoms. The number of hydrogen-bond donors (Lipinski definition) is 0. The van der Waals surface area contributed by atoms with Gasteiger partial charge in [-0.15, -0.1) is 0 Å². The van der Waals surface area contributed by atoms with E-state index in [-0.39, 0.29) is 1.43 Å². The molecule has 0 atom stereocenters. The molecule has 0 aliphatic rings. The summed E-state index contributed by atoms with van der Waals surface area (Å²) in [6, 6.07) is 5.72. The minimum absolute atomic E-state index is 0. The van der Waals surface area contributed by atoms with Crippen molar-refractivity contribution in [2.45, 2.75) is 0 Å². The second-order valence-corrected chi connectivity index (χ2v) is 1.02. The van der Waals surface area contributed by atoms with E-state index in [1.807, 2.05) is 18.2 Å². The van der Waals surface area contributed by atoms with Gasteiger partial charge in [0.05, 0.1) is 0 Å². The molecule has 1 heteroatoms. The van der Waals surface area contributed by atoms with Crippen molar-refractivity contribution in [3.63, 3.8) is 0 Å². The molecule has 1 aromatic heterocycles. The van der Waals surface area contributed by atoms with Crippen molar-refractivity contribution in [2.75, 3.05) is 0 Å². The molecule has 0 saturated heterocycles. The summed E-state index contributed by atoms with van der Waals surface area (Å²) in [6.07, 6.45) is 3.50. The van der Waals surface area contributed by atoms with Crippen LogP contribution in [0.5, 0.6) is 0 Å². The van der Waals surface area contributed by atoms with Crippen molar-refractivity contribution in [3.05, 3.63) is 30.6 Å². The molecule has 1 nitrogen and oxygen atoms in total. The Balaban J connectivity index is 0.000000360. The molecule has 0 bridgehead atoms. The summed E-state index contributed by atoms with van der Waals surface area (Å²) < 4.78 is 0. The van der Waals surface area contributed by atoms with Gasteiger partial charge in [0.1, 0.15) is 0 Å². The quantitative estimate of drug-likeness (QED) is 0.456. The first-order valence-electron chi connectivity index (χ1n) is 1.85. The third kappa shape index (κ3) is 0.549. The average molecular weight is 80.1 g/mol. The largest absolute Gasteiger partial charge is 0.265 e. The molecular weight excluding hydrogens is 74.1 g/mol. The van der Waals surface area contributed by atoms with Gasteiger partial charge < -0.3 is 0 Å². The van der Waals surface area contributed by atoms with Gasteiger partial charge in [-0.3, -0.25) is 4.98 Å². The van der Waals surface area contributed by atoms with Gasteiger partial charge in [-0.1, -0.05) is 6.07 Å². The monoisotopic (exact) mass is 80.1 g/mol. The fraction of sp³-hybridized carbons (Fsp3) is 0. The number of aromatic nitrogens is 1. The minimum Gasteiger partial charge on any atom is -0.265 e. The van der Waals surface area contributed by atoms with Crippen LogP contribution >= 0.6 is 0 Å². The molecule has 1 radical (unpaired) electrons. The van der Waals surface area contributed by atoms with E-state index in [1.165, 1.54) is 0 Å². The van der Waals surface area contributed by atoms with Crippen molar-refractivity contribution < 1.29 is 1.43 Å². The van der Waals surface area contributed by atoms with Gasteiger partial charge in [0.15, 0.2) is 0 Å². The summed E-state index contributed by atoms with van der Waals surface area (Å²) in [6.45, 7) is 0. The van der Waals surface area contributed by atoms with Crippen LogP contribution < -0.4 is 0 Å². The molecule has 0 aromatic carbocycles. The summed E-state index contributed by atoms with van der Waals surface area (Å²) in [5.41, 5.74) is 0. The zero-order valence-corrected chi connectivity index (χ0v) is 3.33. The van der Waals surface area contributed by atoms with Crippen LogP contribution in [0.2, 0.25) is 0 Å². The molecule has 0 spiro atoms. The Kier molecular flexibility index (Phi) is 0.865. The fourth-order valence-electron chi connectivity index (χ4n) is 0.313. The normalized spacial score (nSPS) is 8.00. The molecule has 0 aliphatic heterocycles. The van der Waals surface area contributed by atoms with Gasteiger partial charge >= 0.3 is 0 Å². The summed E-state index contributed by atoms with van der Waals surface area (Å²) in [7, 11) is 0. The van der Waals surface area contributed by atoms with E-state index < -0.39 is 0 Å². The SMILES string of the molecule is [H].c1ccncc1. The Morgan fingerprint density at radius 3 is 1.83 bits per heavy atom. The third-order valence-corrected chi connectivity index (χ3v) is 0.566. The molecule has 31 valence electrons. The van der Waals surface area contributed by atoms with Crippen LogP contribution in [0.4, 0.5) is 0 Å². The third-order valence-electron chi connectivity index (χ3n) is 0.566. The summed E-state index contributed by atoms with van der Waals surface area (Å²) in [5.74, 6) is 0. The zero-order valence-electron chi connectivity index (χ0n) is 4.33. The molecule has 1 aromatic rings. The van der Waals surface area contributed by atoms with Crippen LogP contribution in [0.15, 0.2) is 30.6 Å². The highest BCUT2D eigenvalue weighted by atomic mass is 14.6. The standard InChI is InChI=1S/C5H5N.H/c1-2-4-6-5-3-1;/h1-5H;. The van der Waals surface area contributed by atoms with E-state index in [0.717, 1.165) is 0 Å². The molecule has 0 fully saturated rings. The predicted molar refractivity (Wildman–Crippen MR) is 25.3 cm³/mol. The zero-order chi connectivity index (χ0) is 4.24. The fourth-order valence-corrected chi connectivity index (χ4v) is 0.313. The van der Waals surface area contributed by atoms with Crippen molar-refractivity contribution in [3.8, 4) is 0 Å². The Labute approximate surface area is 38.1 Å². The predicted octanol–water partition coefficient (Wildman–Crippen LogP) is 1.19. The highest BCUT2D eigenvalue weighted by molar-refractivity contribution is 4.88. The second kappa shape index (κ2) is 1.55. The lowest BCUT2D eigenvalue weighted by atomic mass is 10.5. The van der Waals surface area contributed by atoms with Crippen LogP contribution in [0, 0.1) is 0 Å². The van der Waals surface area contributed by atoms with E-state index in [0.29, 0.717) is 0 Å². The maximum Gasteiger partial charge on any atom is 0.0267 e. The Morgan fingerprint density at radius 2 is 1.67 bits per heavy atom. The van der Waals surface area contributed by atoms with Gasteiger partial charge in [-0.05, 0) is 12.1 Å². The molecule has 0 N–H and O–H groups in total. The van der Waals surface area contributed by atoms with E-state index in [1.54, 1.807) is 12.4 Å². The lowest BCUT2D eigenvalue weighted by Gasteiger charge is -1.70. The smallest absolute Gasteiger partial charge is 0.0267 e. The number of pyridine rings is 1. The summed E-state index contributed by atoms with van der Waals surface area (Å²) >= 11 is 0. The Hall–Kier alpha value is -0.850.